The van der Waals surface area contributed by atoms with Crippen LogP contribution in [0.25, 0.3) is 21.3 Å². The van der Waals surface area contributed by atoms with Gasteiger partial charge in [-0.05, 0) is 49.6 Å². The Morgan fingerprint density at radius 1 is 1.30 bits per heavy atom. The molecule has 4 nitrogen and oxygen atoms in total. The zero-order chi connectivity index (χ0) is 18.6. The predicted molar refractivity (Wildman–Crippen MR) is 110 cm³/mol. The summed E-state index contributed by atoms with van der Waals surface area (Å²) in [5.74, 6) is 0.915. The summed E-state index contributed by atoms with van der Waals surface area (Å²) >= 11 is 7.97. The molecule has 1 aromatic carbocycles. The van der Waals surface area contributed by atoms with Crippen LogP contribution in [0.2, 0.25) is 5.02 Å². The monoisotopic (exact) mass is 400 g/mol. The summed E-state index contributed by atoms with van der Waals surface area (Å²) in [5, 5.41) is 13.6. The Morgan fingerprint density at radius 3 is 2.81 bits per heavy atom. The van der Waals surface area contributed by atoms with Gasteiger partial charge in [-0.25, -0.2) is 0 Å². The Hall–Kier alpha value is -1.66. The number of nitrogens with one attached hydrogen (secondary N) is 1. The molecule has 1 saturated heterocycles. The Kier molecular flexibility index (Phi) is 4.17. The average Bonchev–Trinajstić information content (AvgIpc) is 3.00. The third-order valence-electron chi connectivity index (χ3n) is 5.75. The van der Waals surface area contributed by atoms with E-state index in [-0.39, 0.29) is 12.7 Å². The van der Waals surface area contributed by atoms with Crippen LogP contribution in [-0.4, -0.2) is 29.3 Å². The first-order chi connectivity index (χ1) is 13.1. The Balaban J connectivity index is 1.56. The number of rotatable bonds is 4. The van der Waals surface area contributed by atoms with Gasteiger partial charge in [0.2, 0.25) is 0 Å². The van der Waals surface area contributed by atoms with Gasteiger partial charge in [0, 0.05) is 45.7 Å². The molecule has 0 unspecified atom stereocenters. The van der Waals surface area contributed by atoms with Crippen LogP contribution < -0.4 is 10.1 Å². The minimum atomic E-state index is 0.0244. The molecule has 1 aliphatic carbocycles. The van der Waals surface area contributed by atoms with Gasteiger partial charge in [-0.3, -0.25) is 4.98 Å². The number of halogens is 1. The zero-order valence-corrected chi connectivity index (χ0v) is 16.7. The van der Waals surface area contributed by atoms with Crippen LogP contribution in [0.15, 0.2) is 30.5 Å². The zero-order valence-electron chi connectivity index (χ0n) is 15.1. The summed E-state index contributed by atoms with van der Waals surface area (Å²) in [6.45, 7) is 4.31. The Morgan fingerprint density at radius 2 is 2.11 bits per heavy atom. The summed E-state index contributed by atoms with van der Waals surface area (Å²) in [7, 11) is 0. The van der Waals surface area contributed by atoms with Gasteiger partial charge in [0.05, 0.1) is 16.8 Å². The molecular formula is C21H21ClN2O2S. The summed E-state index contributed by atoms with van der Waals surface area (Å²) in [6.07, 6.45) is 4.30. The molecular weight excluding hydrogens is 380 g/mol. The predicted octanol–water partition coefficient (Wildman–Crippen LogP) is 4.55. The molecule has 1 aliphatic heterocycles. The van der Waals surface area contributed by atoms with Gasteiger partial charge in [-0.15, -0.1) is 11.3 Å². The molecule has 140 valence electrons. The number of hydrogen-bond donors (Lipinski definition) is 2. The van der Waals surface area contributed by atoms with E-state index < -0.39 is 0 Å². The molecule has 5 rings (SSSR count). The Labute approximate surface area is 167 Å². The van der Waals surface area contributed by atoms with Gasteiger partial charge in [0.25, 0.3) is 0 Å². The van der Waals surface area contributed by atoms with Crippen molar-refractivity contribution >= 4 is 33.2 Å². The third kappa shape index (κ3) is 2.93. The minimum Gasteiger partial charge on any atom is -0.489 e. The molecule has 27 heavy (non-hydrogen) atoms. The number of aryl methyl sites for hydroxylation is 1. The van der Waals surface area contributed by atoms with E-state index in [4.69, 9.17) is 16.3 Å². The lowest BCUT2D eigenvalue weighted by molar-refractivity contribution is -0.0495. The third-order valence-corrected chi connectivity index (χ3v) is 7.11. The molecule has 1 spiro atoms. The van der Waals surface area contributed by atoms with Gasteiger partial charge in [0.1, 0.15) is 11.9 Å². The summed E-state index contributed by atoms with van der Waals surface area (Å²) in [5.41, 5.74) is 4.48. The molecule has 1 saturated carbocycles. The molecule has 2 aromatic heterocycles. The van der Waals surface area contributed by atoms with Crippen LogP contribution in [-0.2, 0) is 6.61 Å². The number of nitrogens with zero attached hydrogens (tertiary/aromatic N) is 1. The van der Waals surface area contributed by atoms with Crippen molar-refractivity contribution in [3.63, 3.8) is 0 Å². The van der Waals surface area contributed by atoms with Crippen LogP contribution in [0.1, 0.15) is 23.3 Å². The SMILES string of the molecule is Cc1cc(Cl)cc(-c2ccnc3cc(CO)sc23)c1OC1CC2(CNC2)C1. The lowest BCUT2D eigenvalue weighted by atomic mass is 9.63. The van der Waals surface area contributed by atoms with Crippen LogP contribution in [0.3, 0.4) is 0 Å². The summed E-state index contributed by atoms with van der Waals surface area (Å²) in [4.78, 5) is 5.36. The lowest BCUT2D eigenvalue weighted by Gasteiger charge is -2.53. The van der Waals surface area contributed by atoms with E-state index in [1.54, 1.807) is 11.3 Å². The highest BCUT2D eigenvalue weighted by molar-refractivity contribution is 7.19. The highest BCUT2D eigenvalue weighted by atomic mass is 35.5. The number of ether oxygens (including phenoxy) is 1. The van der Waals surface area contributed by atoms with Crippen LogP contribution in [0, 0.1) is 12.3 Å². The maximum atomic E-state index is 9.51. The smallest absolute Gasteiger partial charge is 0.130 e. The first-order valence-electron chi connectivity index (χ1n) is 9.23. The number of thiophene rings is 1. The average molecular weight is 401 g/mol. The van der Waals surface area contributed by atoms with Gasteiger partial charge in [0.15, 0.2) is 0 Å². The van der Waals surface area contributed by atoms with Crippen molar-refractivity contribution in [1.29, 1.82) is 0 Å². The number of hydrogen-bond acceptors (Lipinski definition) is 5. The second-order valence-corrected chi connectivity index (χ2v) is 9.37. The van der Waals surface area contributed by atoms with Crippen molar-refractivity contribution in [2.45, 2.75) is 32.5 Å². The van der Waals surface area contributed by atoms with Crippen LogP contribution >= 0.6 is 22.9 Å². The maximum Gasteiger partial charge on any atom is 0.130 e. The first-order valence-corrected chi connectivity index (χ1v) is 10.4. The van der Waals surface area contributed by atoms with E-state index in [2.05, 4.69) is 17.2 Å². The van der Waals surface area contributed by atoms with Crippen molar-refractivity contribution in [3.8, 4) is 16.9 Å². The van der Waals surface area contributed by atoms with E-state index in [0.29, 0.717) is 10.4 Å². The topological polar surface area (TPSA) is 54.4 Å². The minimum absolute atomic E-state index is 0.0244. The number of pyridine rings is 1. The fourth-order valence-corrected chi connectivity index (χ4v) is 5.56. The van der Waals surface area contributed by atoms with E-state index >= 15 is 0 Å². The van der Waals surface area contributed by atoms with E-state index in [1.165, 1.54) is 0 Å². The van der Waals surface area contributed by atoms with Gasteiger partial charge in [-0.1, -0.05) is 11.6 Å². The van der Waals surface area contributed by atoms with Crippen molar-refractivity contribution < 1.29 is 9.84 Å². The fourth-order valence-electron chi connectivity index (χ4n) is 4.29. The van der Waals surface area contributed by atoms with Gasteiger partial charge < -0.3 is 15.2 Å². The maximum absolute atomic E-state index is 9.51. The molecule has 3 heterocycles. The van der Waals surface area contributed by atoms with E-state index in [1.807, 2.05) is 30.5 Å². The van der Waals surface area contributed by atoms with E-state index in [9.17, 15) is 5.11 Å². The van der Waals surface area contributed by atoms with Crippen molar-refractivity contribution in [2.24, 2.45) is 5.41 Å². The molecule has 0 atom stereocenters. The molecule has 3 aromatic rings. The standard InChI is InChI=1S/C21H21ClN2O2S/c1-12-4-13(22)5-17(19(12)26-14-7-21(8-14)10-23-11-21)16-2-3-24-18-6-15(9-25)27-20(16)18/h2-6,14,23,25H,7-11H2,1H3. The van der Waals surface area contributed by atoms with Crippen molar-refractivity contribution in [3.05, 3.63) is 45.9 Å². The highest BCUT2D eigenvalue weighted by Gasteiger charge is 2.49. The molecule has 0 amide bonds. The number of aromatic nitrogens is 1. The molecule has 2 fully saturated rings. The molecule has 0 radical (unpaired) electrons. The normalized spacial score (nSPS) is 18.5. The van der Waals surface area contributed by atoms with Crippen LogP contribution in [0.4, 0.5) is 0 Å². The van der Waals surface area contributed by atoms with Gasteiger partial charge in [-0.2, -0.15) is 0 Å². The number of benzene rings is 1. The summed E-state index contributed by atoms with van der Waals surface area (Å²) in [6, 6.07) is 7.90. The second-order valence-electron chi connectivity index (χ2n) is 7.79. The van der Waals surface area contributed by atoms with Gasteiger partial charge >= 0.3 is 0 Å². The highest BCUT2D eigenvalue weighted by Crippen LogP contribution is 2.48. The number of fused-ring (bicyclic) bond motifs is 1. The first kappa shape index (κ1) is 17.4. The Bertz CT molecular complexity index is 1020. The van der Waals surface area contributed by atoms with Crippen molar-refractivity contribution in [1.82, 2.24) is 10.3 Å². The quantitative estimate of drug-likeness (QED) is 0.674. The molecule has 6 heteroatoms. The molecule has 0 bridgehead atoms. The molecule has 2 aliphatic rings. The fraction of sp³-hybridized carbons (Fsp3) is 0.381. The lowest BCUT2D eigenvalue weighted by Crippen LogP contribution is -2.62. The van der Waals surface area contributed by atoms with Crippen molar-refractivity contribution in [2.75, 3.05) is 13.1 Å². The molecule has 2 N–H and O–H groups in total. The summed E-state index contributed by atoms with van der Waals surface area (Å²) < 4.78 is 7.54. The number of aliphatic hydroxyl groups excluding tert-OH is 1. The second kappa shape index (κ2) is 6.45. The largest absolute Gasteiger partial charge is 0.489 e. The number of aliphatic hydroxyl groups is 1. The van der Waals surface area contributed by atoms with E-state index in [0.717, 1.165) is 63.5 Å². The van der Waals surface area contributed by atoms with Crippen LogP contribution in [0.5, 0.6) is 5.75 Å².